The molecular formula is C127H123Cl5F4N6O4. The maximum Gasteiger partial charge on any atom is 0.194 e. The molecule has 20 rings (SSSR count). The lowest BCUT2D eigenvalue weighted by molar-refractivity contribution is 0.0668. The monoisotopic (exact) mass is 2050 g/mol. The molecule has 146 heavy (non-hydrogen) atoms. The number of alkyl halides is 2. The summed E-state index contributed by atoms with van der Waals surface area (Å²) in [6.45, 7) is 31.6. The Morgan fingerprint density at radius 2 is 0.678 bits per heavy atom. The number of benzene rings is 12. The van der Waals surface area contributed by atoms with Crippen molar-refractivity contribution in [3.63, 3.8) is 0 Å². The fourth-order valence-electron chi connectivity index (χ4n) is 21.3. The van der Waals surface area contributed by atoms with Gasteiger partial charge in [0.05, 0.1) is 46.1 Å². The molecule has 4 aliphatic carbocycles. The minimum atomic E-state index is -0.360. The Kier molecular flexibility index (Phi) is 36.3. The van der Waals surface area contributed by atoms with Crippen LogP contribution in [0.2, 0.25) is 15.1 Å². The number of allylic oxidation sites excluding steroid dienone is 12. The van der Waals surface area contributed by atoms with Gasteiger partial charge in [0, 0.05) is 115 Å². The summed E-state index contributed by atoms with van der Waals surface area (Å²) in [6, 6.07) is 94.1. The van der Waals surface area contributed by atoms with Gasteiger partial charge in [-0.3, -0.25) is 28.4 Å². The summed E-state index contributed by atoms with van der Waals surface area (Å²) in [5, 5.41) is 11.9. The minimum absolute atomic E-state index is 0.200. The van der Waals surface area contributed by atoms with E-state index in [2.05, 4.69) is 229 Å². The average Bonchev–Trinajstić information content (AvgIpc) is 1.63. The van der Waals surface area contributed by atoms with E-state index in [0.29, 0.717) is 67.3 Å². The lowest BCUT2D eigenvalue weighted by Gasteiger charge is -2.38. The smallest absolute Gasteiger partial charge is 0.194 e. The molecule has 0 spiro atoms. The van der Waals surface area contributed by atoms with Crippen LogP contribution >= 0.6 is 58.0 Å². The van der Waals surface area contributed by atoms with E-state index in [1.54, 1.807) is 12.1 Å². The van der Waals surface area contributed by atoms with Gasteiger partial charge in [0.1, 0.15) is 61.1 Å². The molecule has 4 aliphatic heterocycles. The van der Waals surface area contributed by atoms with Gasteiger partial charge in [-0.1, -0.05) is 311 Å². The van der Waals surface area contributed by atoms with Crippen LogP contribution in [0.3, 0.4) is 0 Å². The third kappa shape index (κ3) is 25.2. The Morgan fingerprint density at radius 1 is 0.356 bits per heavy atom. The van der Waals surface area contributed by atoms with Crippen molar-refractivity contribution >= 4 is 130 Å². The molecule has 0 unspecified atom stereocenters. The van der Waals surface area contributed by atoms with Crippen LogP contribution in [0.25, 0.3) is 71.6 Å². The second-order valence-corrected chi connectivity index (χ2v) is 40.6. The molecule has 19 heteroatoms. The van der Waals surface area contributed by atoms with E-state index in [-0.39, 0.29) is 36.8 Å². The number of nitriles is 1. The number of hydrogen-bond acceptors (Lipinski definition) is 9. The highest BCUT2D eigenvalue weighted by molar-refractivity contribution is 6.52. The predicted octanol–water partition coefficient (Wildman–Crippen LogP) is 32.0. The second kappa shape index (κ2) is 50.4. The zero-order valence-corrected chi connectivity index (χ0v) is 87.3. The first-order valence-electron chi connectivity index (χ1n) is 51.2. The van der Waals surface area contributed by atoms with Crippen LogP contribution in [0.1, 0.15) is 162 Å². The van der Waals surface area contributed by atoms with Crippen LogP contribution in [-0.4, -0.2) is 138 Å². The molecule has 10 nitrogen and oxygen atoms in total. The SMILES string of the molecule is CC/C(=C(\C1=C(Cl)c2ccccc2C1)c1ccc(OCCN2CC(CC#N)C2)cc1)c1ccc(F)cc1Cl.CC/C(=C(\C1=C(Cl)c2ccccc2C1)c1ccc(OCCN2CC(CC)C2)cc1)c1ccc(F)cc1Cl.CC/C(=C(\C1=Cc2ccccc2C1)c1ccc(OCCN2CC(CF)C2)cc1)c1ccccc1Cl.[C-]#[N+]c1ccccc1/C(CC)=C(/C1=Cc2ccccc2C1)c1ccc(OCCN2CC(CF)C2)cc1. The number of halogens is 9. The zero-order valence-electron chi connectivity index (χ0n) is 83.5. The van der Waals surface area contributed by atoms with Crippen LogP contribution in [0.15, 0.2) is 301 Å². The molecular weight excluding hydrogens is 1930 g/mol. The van der Waals surface area contributed by atoms with E-state index >= 15 is 0 Å². The molecule has 0 aromatic heterocycles. The summed E-state index contributed by atoms with van der Waals surface area (Å²) in [4.78, 5) is 13.0. The van der Waals surface area contributed by atoms with E-state index in [0.717, 1.165) is 231 Å². The molecule has 4 saturated heterocycles. The summed E-state index contributed by atoms with van der Waals surface area (Å²) in [5.41, 5.74) is 32.3. The Bertz CT molecular complexity index is 7010. The van der Waals surface area contributed by atoms with Crippen molar-refractivity contribution in [1.29, 1.82) is 5.26 Å². The predicted molar refractivity (Wildman–Crippen MR) is 597 cm³/mol. The van der Waals surface area contributed by atoms with Crippen molar-refractivity contribution in [1.82, 2.24) is 19.6 Å². The lowest BCUT2D eigenvalue weighted by Crippen LogP contribution is -2.49. The van der Waals surface area contributed by atoms with Crippen molar-refractivity contribution in [2.24, 2.45) is 23.7 Å². The summed E-state index contributed by atoms with van der Waals surface area (Å²) < 4.78 is 77.1. The maximum atomic E-state index is 13.9. The second-order valence-electron chi connectivity index (χ2n) is 38.6. The quantitative estimate of drug-likeness (QED) is 0.0217. The fourth-order valence-corrected chi connectivity index (χ4v) is 22.8. The first-order valence-corrected chi connectivity index (χ1v) is 53.1. The average molecular weight is 2050 g/mol. The fraction of sp³-hybridized carbons (Fsp3) is 0.291. The van der Waals surface area contributed by atoms with Gasteiger partial charge in [0.25, 0.3) is 0 Å². The molecule has 8 aliphatic rings. The van der Waals surface area contributed by atoms with Crippen molar-refractivity contribution in [2.75, 3.05) is 118 Å². The van der Waals surface area contributed by atoms with E-state index < -0.39 is 0 Å². The lowest BCUT2D eigenvalue weighted by atomic mass is 9.86. The number of hydrogen-bond donors (Lipinski definition) is 0. The van der Waals surface area contributed by atoms with Gasteiger partial charge in [-0.05, 0) is 285 Å². The summed E-state index contributed by atoms with van der Waals surface area (Å²) in [6.07, 6.45) is 12.9. The number of likely N-dealkylation sites (tertiary alicyclic amines) is 4. The highest BCUT2D eigenvalue weighted by atomic mass is 35.5. The van der Waals surface area contributed by atoms with Gasteiger partial charge in [0.15, 0.2) is 5.69 Å². The molecule has 0 bridgehead atoms. The molecule has 4 fully saturated rings. The van der Waals surface area contributed by atoms with Crippen LogP contribution in [0.4, 0.5) is 23.2 Å². The molecule has 748 valence electrons. The highest BCUT2D eigenvalue weighted by Gasteiger charge is 2.34. The first kappa shape index (κ1) is 105. The molecule has 0 radical (unpaired) electrons. The van der Waals surface area contributed by atoms with E-state index in [4.69, 9.17) is 88.8 Å². The Balaban J connectivity index is 0.000000133. The van der Waals surface area contributed by atoms with Crippen LogP contribution in [0.5, 0.6) is 23.0 Å². The van der Waals surface area contributed by atoms with Crippen molar-refractivity contribution in [2.45, 2.75) is 98.8 Å². The van der Waals surface area contributed by atoms with Crippen molar-refractivity contribution < 1.29 is 36.5 Å². The van der Waals surface area contributed by atoms with Crippen molar-refractivity contribution in [3.8, 4) is 29.1 Å². The number of rotatable bonds is 36. The molecule has 0 amide bonds. The summed E-state index contributed by atoms with van der Waals surface area (Å²) in [5.74, 6) is 4.39. The molecule has 0 saturated carbocycles. The van der Waals surface area contributed by atoms with Gasteiger partial charge < -0.3 is 18.9 Å². The summed E-state index contributed by atoms with van der Waals surface area (Å²) >= 11 is 33.8. The van der Waals surface area contributed by atoms with Crippen molar-refractivity contribution in [3.05, 3.63) is 428 Å². The number of para-hydroxylation sites is 1. The number of ether oxygens (including phenoxy) is 4. The maximum absolute atomic E-state index is 13.9. The normalized spacial score (nSPS) is 16.2. The highest BCUT2D eigenvalue weighted by Crippen LogP contribution is 2.51. The molecule has 4 heterocycles. The third-order valence-corrected chi connectivity index (χ3v) is 30.9. The Labute approximate surface area is 883 Å². The zero-order chi connectivity index (χ0) is 102. The van der Waals surface area contributed by atoms with Gasteiger partial charge in [-0.25, -0.2) is 13.6 Å². The van der Waals surface area contributed by atoms with E-state index in [1.807, 2.05) is 91.0 Å². The van der Waals surface area contributed by atoms with Gasteiger partial charge in [-0.2, -0.15) is 5.26 Å². The van der Waals surface area contributed by atoms with E-state index in [9.17, 15) is 17.6 Å². The van der Waals surface area contributed by atoms with E-state index in [1.165, 1.54) is 116 Å². The van der Waals surface area contributed by atoms with Gasteiger partial charge in [-0.15, -0.1) is 0 Å². The number of fused-ring (bicyclic) bond motifs is 4. The summed E-state index contributed by atoms with van der Waals surface area (Å²) in [7, 11) is 0. The molecule has 0 N–H and O–H groups in total. The molecule has 12 aromatic rings. The molecule has 12 aromatic carbocycles. The number of nitrogens with zero attached hydrogens (tertiary/aromatic N) is 6. The minimum Gasteiger partial charge on any atom is -0.492 e. The van der Waals surface area contributed by atoms with Crippen LogP contribution < -0.4 is 18.9 Å². The largest absolute Gasteiger partial charge is 0.492 e. The Morgan fingerprint density at radius 3 is 1.03 bits per heavy atom. The van der Waals surface area contributed by atoms with Gasteiger partial charge in [0.2, 0.25) is 0 Å². The van der Waals surface area contributed by atoms with Crippen LogP contribution in [0, 0.1) is 53.2 Å². The Hall–Kier alpha value is -12.3. The topological polar surface area (TPSA) is 78.0 Å². The van der Waals surface area contributed by atoms with Gasteiger partial charge >= 0.3 is 0 Å². The third-order valence-electron chi connectivity index (χ3n) is 29.0. The first-order chi connectivity index (χ1) is 71.3. The van der Waals surface area contributed by atoms with Crippen LogP contribution in [-0.2, 0) is 25.7 Å². The molecule has 0 atom stereocenters. The standard InChI is InChI=1S/C32H29Cl2FN2O.C32H32Cl2FNO.C32H31FN2O.C31H31ClFNO/c1-2-26(28-12-9-24(35)18-30(28)33)31(29-17-23-5-3-4-6-27(23)32(29)34)22-7-10-25(11-8-22)38-16-15-37-19-21(20-37)13-14-36;1-3-21-19-36(20-21)15-16-37-25-12-9-22(10-13-25)31(26(4-2)28-14-11-24(35)18-30(28)33)29-17-23-7-5-6-8-27(23)32(29)34;1-3-29(30-10-6-7-11-31(30)34-2)32(27-18-25-8-4-5-9-26(25)19-27)24-12-14-28(15-13-24)36-17-16-35-21-23(20-33)22-35;1-2-28(29-9-5-6-10-30(29)32)31(26-17-24-7-3-4-8-25(24)18-26)23-11-13-27(14-12-23)35-16-15-34-20-22(19-33)21-34/h3-12,18,21H,2,13,15-17,19-20H2,1H3;5-14,18,21H,3-4,15-17,19-20H2,1-2H3;4-15,18,23H,3,16-17,19-22H2,1H3;3-14,17,22H,2,15-16,18-21H2,1H3/b2*31-26+;32-29+;31-28+.